The second-order valence-electron chi connectivity index (χ2n) is 8.55. The van der Waals surface area contributed by atoms with Crippen LogP contribution in [0.25, 0.3) is 0 Å². The highest BCUT2D eigenvalue weighted by molar-refractivity contribution is 9.10. The van der Waals surface area contributed by atoms with Crippen LogP contribution in [0.5, 0.6) is 5.75 Å². The smallest absolute Gasteiger partial charge is 0.317 e. The average Bonchev–Trinajstić information content (AvgIpc) is 3.17. The third kappa shape index (κ3) is 6.61. The summed E-state index contributed by atoms with van der Waals surface area (Å²) in [6, 6.07) is 6.38. The minimum absolute atomic E-state index is 0.114. The topological polar surface area (TPSA) is 44.8 Å². The van der Waals surface area contributed by atoms with Crippen molar-refractivity contribution >= 4 is 22.0 Å². The number of piperidine rings is 1. The van der Waals surface area contributed by atoms with E-state index in [1.54, 1.807) is 7.11 Å². The van der Waals surface area contributed by atoms with Gasteiger partial charge in [0, 0.05) is 30.7 Å². The Balaban J connectivity index is 1.38. The van der Waals surface area contributed by atoms with E-state index in [1.807, 2.05) is 17.9 Å². The number of carbonyl (C=O) groups is 1. The number of benzene rings is 1. The van der Waals surface area contributed by atoms with E-state index in [0.29, 0.717) is 12.5 Å². The van der Waals surface area contributed by atoms with Crippen molar-refractivity contribution in [2.24, 2.45) is 11.8 Å². The maximum Gasteiger partial charge on any atom is 0.317 e. The Morgan fingerprint density at radius 2 is 2.10 bits per heavy atom. The van der Waals surface area contributed by atoms with Gasteiger partial charge in [0.1, 0.15) is 5.75 Å². The molecule has 2 amide bonds. The van der Waals surface area contributed by atoms with E-state index in [2.05, 4.69) is 38.3 Å². The summed E-state index contributed by atoms with van der Waals surface area (Å²) < 4.78 is 6.57. The van der Waals surface area contributed by atoms with Crippen molar-refractivity contribution in [3.05, 3.63) is 28.2 Å². The molecule has 0 radical (unpaired) electrons. The number of likely N-dealkylation sites (tertiary alicyclic amines) is 2. The van der Waals surface area contributed by atoms with Crippen LogP contribution in [0.4, 0.5) is 4.79 Å². The number of amides is 2. The lowest BCUT2D eigenvalue weighted by Gasteiger charge is -2.33. The largest absolute Gasteiger partial charge is 0.497 e. The zero-order valence-electron chi connectivity index (χ0n) is 18.0. The van der Waals surface area contributed by atoms with E-state index in [1.165, 1.54) is 55.4 Å². The standard InChI is InChI=1S/C23H36BrN3O2/c1-3-25-23(28)27-12-5-7-18(17-27)6-4-11-26-13-10-19(16-26)14-20-15-21(29-2)8-9-22(20)24/h8-9,15,18-19H,3-7,10-14,16-17H2,1-2H3,(H,25,28). The second kappa shape index (κ2) is 11.2. The van der Waals surface area contributed by atoms with Crippen molar-refractivity contribution in [1.82, 2.24) is 15.1 Å². The van der Waals surface area contributed by atoms with E-state index in [0.717, 1.165) is 37.6 Å². The Labute approximate surface area is 184 Å². The predicted octanol–water partition coefficient (Wildman–Crippen LogP) is 4.54. The molecular formula is C23H36BrN3O2. The van der Waals surface area contributed by atoms with Gasteiger partial charge in [0.05, 0.1) is 7.11 Å². The lowest BCUT2D eigenvalue weighted by Crippen LogP contribution is -2.45. The molecule has 5 nitrogen and oxygen atoms in total. The van der Waals surface area contributed by atoms with Gasteiger partial charge in [-0.15, -0.1) is 0 Å². The molecule has 162 valence electrons. The van der Waals surface area contributed by atoms with Gasteiger partial charge in [-0.3, -0.25) is 0 Å². The Morgan fingerprint density at radius 1 is 1.24 bits per heavy atom. The maximum absolute atomic E-state index is 12.1. The van der Waals surface area contributed by atoms with Crippen molar-refractivity contribution in [3.63, 3.8) is 0 Å². The number of nitrogens with zero attached hydrogens (tertiary/aromatic N) is 2. The molecule has 2 saturated heterocycles. The number of carbonyl (C=O) groups excluding carboxylic acids is 1. The van der Waals surface area contributed by atoms with E-state index in [9.17, 15) is 4.79 Å². The van der Waals surface area contributed by atoms with Crippen LogP contribution in [-0.4, -0.2) is 62.2 Å². The Bertz CT molecular complexity index is 670. The molecule has 1 N–H and O–H groups in total. The number of methoxy groups -OCH3 is 1. The van der Waals surface area contributed by atoms with Gasteiger partial charge in [0.25, 0.3) is 0 Å². The molecule has 2 atom stereocenters. The number of urea groups is 1. The normalized spacial score (nSPS) is 22.7. The van der Waals surface area contributed by atoms with E-state index in [4.69, 9.17) is 4.74 Å². The van der Waals surface area contributed by atoms with Gasteiger partial charge in [0.15, 0.2) is 0 Å². The van der Waals surface area contributed by atoms with Crippen molar-refractivity contribution < 1.29 is 9.53 Å². The summed E-state index contributed by atoms with van der Waals surface area (Å²) >= 11 is 3.69. The zero-order valence-corrected chi connectivity index (χ0v) is 19.5. The summed E-state index contributed by atoms with van der Waals surface area (Å²) in [6.07, 6.45) is 7.27. The fourth-order valence-corrected chi connectivity index (χ4v) is 5.19. The van der Waals surface area contributed by atoms with Gasteiger partial charge in [-0.05, 0) is 94.1 Å². The van der Waals surface area contributed by atoms with Crippen molar-refractivity contribution in [2.45, 2.75) is 45.4 Å². The summed E-state index contributed by atoms with van der Waals surface area (Å²) in [5.41, 5.74) is 1.35. The van der Waals surface area contributed by atoms with E-state index in [-0.39, 0.29) is 6.03 Å². The fourth-order valence-electron chi connectivity index (χ4n) is 4.78. The number of hydrogen-bond acceptors (Lipinski definition) is 3. The summed E-state index contributed by atoms with van der Waals surface area (Å²) in [6.45, 7) is 8.13. The molecule has 0 aromatic heterocycles. The first kappa shape index (κ1) is 22.4. The SMILES string of the molecule is CCNC(=O)N1CCCC(CCCN2CCC(Cc3cc(OC)ccc3Br)C2)C1. The number of nitrogens with one attached hydrogen (secondary N) is 1. The van der Waals surface area contributed by atoms with Crippen LogP contribution in [-0.2, 0) is 6.42 Å². The van der Waals surface area contributed by atoms with Gasteiger partial charge < -0.3 is 19.9 Å². The van der Waals surface area contributed by atoms with Gasteiger partial charge in [-0.2, -0.15) is 0 Å². The Morgan fingerprint density at radius 3 is 2.90 bits per heavy atom. The lowest BCUT2D eigenvalue weighted by atomic mass is 9.93. The molecule has 0 spiro atoms. The molecule has 0 saturated carbocycles. The van der Waals surface area contributed by atoms with Crippen molar-refractivity contribution in [2.75, 3.05) is 46.4 Å². The first-order valence-electron chi connectivity index (χ1n) is 11.2. The van der Waals surface area contributed by atoms with Crippen LogP contribution in [0.1, 0.15) is 44.6 Å². The molecule has 0 aliphatic carbocycles. The third-order valence-electron chi connectivity index (χ3n) is 6.35. The lowest BCUT2D eigenvalue weighted by molar-refractivity contribution is 0.160. The molecule has 29 heavy (non-hydrogen) atoms. The highest BCUT2D eigenvalue weighted by atomic mass is 79.9. The highest BCUT2D eigenvalue weighted by Gasteiger charge is 2.25. The summed E-state index contributed by atoms with van der Waals surface area (Å²) in [7, 11) is 1.73. The molecule has 2 aliphatic heterocycles. The molecule has 2 heterocycles. The summed E-state index contributed by atoms with van der Waals surface area (Å²) in [5.74, 6) is 2.33. The van der Waals surface area contributed by atoms with E-state index >= 15 is 0 Å². The first-order chi connectivity index (χ1) is 14.1. The van der Waals surface area contributed by atoms with Crippen molar-refractivity contribution in [1.29, 1.82) is 0 Å². The first-order valence-corrected chi connectivity index (χ1v) is 12.0. The van der Waals surface area contributed by atoms with Crippen molar-refractivity contribution in [3.8, 4) is 5.75 Å². The number of ether oxygens (including phenoxy) is 1. The van der Waals surface area contributed by atoms with Crippen LogP contribution in [0.2, 0.25) is 0 Å². The van der Waals surface area contributed by atoms with Crippen LogP contribution in [0, 0.1) is 11.8 Å². The zero-order chi connectivity index (χ0) is 20.6. The number of hydrogen-bond donors (Lipinski definition) is 1. The van der Waals surface area contributed by atoms with E-state index < -0.39 is 0 Å². The van der Waals surface area contributed by atoms with Crippen LogP contribution < -0.4 is 10.1 Å². The number of halogens is 1. The quantitative estimate of drug-likeness (QED) is 0.612. The average molecular weight is 466 g/mol. The molecular weight excluding hydrogens is 430 g/mol. The maximum atomic E-state index is 12.1. The monoisotopic (exact) mass is 465 g/mol. The summed E-state index contributed by atoms with van der Waals surface area (Å²) in [5, 5.41) is 2.94. The fraction of sp³-hybridized carbons (Fsp3) is 0.696. The Kier molecular flexibility index (Phi) is 8.67. The van der Waals surface area contributed by atoms with Crippen LogP contribution in [0.3, 0.4) is 0 Å². The number of rotatable bonds is 8. The van der Waals surface area contributed by atoms with Gasteiger partial charge in [0.2, 0.25) is 0 Å². The molecule has 2 aliphatic rings. The van der Waals surface area contributed by atoms with Gasteiger partial charge in [-0.25, -0.2) is 4.79 Å². The minimum atomic E-state index is 0.114. The third-order valence-corrected chi connectivity index (χ3v) is 7.13. The molecule has 1 aromatic rings. The highest BCUT2D eigenvalue weighted by Crippen LogP contribution is 2.29. The molecule has 2 unspecified atom stereocenters. The Hall–Kier alpha value is -1.27. The molecule has 0 bridgehead atoms. The van der Waals surface area contributed by atoms with Crippen LogP contribution in [0.15, 0.2) is 22.7 Å². The van der Waals surface area contributed by atoms with Gasteiger partial charge >= 0.3 is 6.03 Å². The molecule has 3 rings (SSSR count). The summed E-state index contributed by atoms with van der Waals surface area (Å²) in [4.78, 5) is 16.7. The van der Waals surface area contributed by atoms with Crippen LogP contribution >= 0.6 is 15.9 Å². The molecule has 1 aromatic carbocycles. The second-order valence-corrected chi connectivity index (χ2v) is 9.40. The predicted molar refractivity (Wildman–Crippen MR) is 122 cm³/mol. The van der Waals surface area contributed by atoms with Gasteiger partial charge in [-0.1, -0.05) is 15.9 Å². The minimum Gasteiger partial charge on any atom is -0.497 e. The molecule has 6 heteroatoms. The molecule has 2 fully saturated rings.